The normalized spacial score (nSPS) is 15.5. The maximum absolute atomic E-state index is 12.8. The molecule has 2 heterocycles. The highest BCUT2D eigenvalue weighted by atomic mass is 16.7. The molecule has 118 valence electrons. The molecule has 0 saturated carbocycles. The third-order valence-corrected chi connectivity index (χ3v) is 4.75. The number of ether oxygens (including phenoxy) is 2. The first-order valence-corrected chi connectivity index (χ1v) is 7.90. The Balaban J connectivity index is 1.60. The van der Waals surface area contributed by atoms with E-state index in [0.717, 1.165) is 41.2 Å². The van der Waals surface area contributed by atoms with Gasteiger partial charge in [-0.2, -0.15) is 0 Å². The van der Waals surface area contributed by atoms with E-state index < -0.39 is 0 Å². The van der Waals surface area contributed by atoms with E-state index in [1.54, 1.807) is 0 Å². The van der Waals surface area contributed by atoms with Gasteiger partial charge in [0.05, 0.1) is 0 Å². The van der Waals surface area contributed by atoms with Crippen molar-refractivity contribution in [2.24, 2.45) is 0 Å². The van der Waals surface area contributed by atoms with Gasteiger partial charge in [-0.15, -0.1) is 0 Å². The molecule has 0 aliphatic carbocycles. The number of hydrogen-bond acceptors (Lipinski definition) is 3. The summed E-state index contributed by atoms with van der Waals surface area (Å²) in [7, 11) is 0. The Morgan fingerprint density at radius 1 is 1.00 bits per heavy atom. The van der Waals surface area contributed by atoms with Crippen LogP contribution in [0.25, 0.3) is 0 Å². The van der Waals surface area contributed by atoms with E-state index in [2.05, 4.69) is 13.0 Å². The van der Waals surface area contributed by atoms with Crippen LogP contribution in [0.2, 0.25) is 0 Å². The molecule has 2 aromatic rings. The van der Waals surface area contributed by atoms with E-state index in [-0.39, 0.29) is 12.7 Å². The van der Waals surface area contributed by atoms with Crippen LogP contribution in [-0.2, 0) is 13.0 Å². The number of hydrogen-bond donors (Lipinski definition) is 0. The van der Waals surface area contributed by atoms with Gasteiger partial charge in [-0.05, 0) is 66.8 Å². The van der Waals surface area contributed by atoms with Crippen LogP contribution < -0.4 is 9.47 Å². The fraction of sp³-hybridized carbons (Fsp3) is 0.316. The number of rotatable bonds is 1. The van der Waals surface area contributed by atoms with Crippen molar-refractivity contribution in [1.82, 2.24) is 4.90 Å². The molecule has 4 rings (SSSR count). The average molecular weight is 309 g/mol. The molecule has 0 saturated heterocycles. The minimum absolute atomic E-state index is 0.0939. The fourth-order valence-electron chi connectivity index (χ4n) is 3.18. The van der Waals surface area contributed by atoms with Crippen LogP contribution in [-0.4, -0.2) is 24.1 Å². The van der Waals surface area contributed by atoms with E-state index >= 15 is 0 Å². The molecule has 0 bridgehead atoms. The molecule has 1 amide bonds. The second kappa shape index (κ2) is 5.30. The van der Waals surface area contributed by atoms with Crippen LogP contribution in [0.3, 0.4) is 0 Å². The molecule has 0 atom stereocenters. The van der Waals surface area contributed by atoms with Gasteiger partial charge >= 0.3 is 0 Å². The van der Waals surface area contributed by atoms with Crippen molar-refractivity contribution in [1.29, 1.82) is 0 Å². The summed E-state index contributed by atoms with van der Waals surface area (Å²) in [6.07, 6.45) is 0.850. The van der Waals surface area contributed by atoms with E-state index in [0.29, 0.717) is 6.54 Å². The van der Waals surface area contributed by atoms with Crippen LogP contribution in [0.4, 0.5) is 0 Å². The van der Waals surface area contributed by atoms with Crippen LogP contribution >= 0.6 is 0 Å². The van der Waals surface area contributed by atoms with Crippen molar-refractivity contribution >= 4 is 5.91 Å². The van der Waals surface area contributed by atoms with Crippen molar-refractivity contribution in [3.05, 3.63) is 58.1 Å². The van der Waals surface area contributed by atoms with Crippen molar-refractivity contribution in [3.63, 3.8) is 0 Å². The Morgan fingerprint density at radius 2 is 1.74 bits per heavy atom. The summed E-state index contributed by atoms with van der Waals surface area (Å²) in [5, 5.41) is 0. The molecular formula is C19H19NO3. The molecule has 4 heteroatoms. The van der Waals surface area contributed by atoms with Crippen LogP contribution in [0.15, 0.2) is 30.3 Å². The van der Waals surface area contributed by atoms with Gasteiger partial charge in [-0.1, -0.05) is 6.07 Å². The zero-order valence-electron chi connectivity index (χ0n) is 13.4. The monoisotopic (exact) mass is 309 g/mol. The molecule has 4 nitrogen and oxygen atoms in total. The molecule has 0 radical (unpaired) electrons. The Labute approximate surface area is 135 Å². The van der Waals surface area contributed by atoms with Gasteiger partial charge in [0.25, 0.3) is 5.91 Å². The lowest BCUT2D eigenvalue weighted by Crippen LogP contribution is -2.36. The summed E-state index contributed by atoms with van der Waals surface area (Å²) in [5.41, 5.74) is 5.52. The van der Waals surface area contributed by atoms with E-state index in [9.17, 15) is 4.79 Å². The average Bonchev–Trinajstić information content (AvgIpc) is 3.01. The number of fused-ring (bicyclic) bond motifs is 2. The first-order chi connectivity index (χ1) is 11.1. The molecule has 2 aliphatic rings. The quantitative estimate of drug-likeness (QED) is 0.812. The number of carbonyl (C=O) groups excluding carboxylic acids is 1. The van der Waals surface area contributed by atoms with E-state index in [4.69, 9.17) is 9.47 Å². The van der Waals surface area contributed by atoms with Crippen LogP contribution in [0.1, 0.15) is 32.6 Å². The zero-order chi connectivity index (χ0) is 16.0. The number of carbonyl (C=O) groups is 1. The standard InChI is InChI=1S/C19H19NO3/c1-12-3-4-15(7-13(12)2)19(21)20-6-5-14-8-17-18(23-11-22-17)9-16(14)10-20/h3-4,7-9H,5-6,10-11H2,1-2H3. The van der Waals surface area contributed by atoms with Crippen LogP contribution in [0, 0.1) is 13.8 Å². The lowest BCUT2D eigenvalue weighted by molar-refractivity contribution is 0.0734. The summed E-state index contributed by atoms with van der Waals surface area (Å²) < 4.78 is 10.9. The van der Waals surface area contributed by atoms with Gasteiger partial charge in [0, 0.05) is 18.7 Å². The summed E-state index contributed by atoms with van der Waals surface area (Å²) in [4.78, 5) is 14.7. The van der Waals surface area contributed by atoms with Gasteiger partial charge in [0.2, 0.25) is 6.79 Å². The predicted molar refractivity (Wildman–Crippen MR) is 86.9 cm³/mol. The molecule has 2 aliphatic heterocycles. The molecule has 23 heavy (non-hydrogen) atoms. The van der Waals surface area contributed by atoms with Gasteiger partial charge in [0.15, 0.2) is 11.5 Å². The number of nitrogens with zero attached hydrogens (tertiary/aromatic N) is 1. The molecule has 0 spiro atoms. The maximum Gasteiger partial charge on any atom is 0.254 e. The van der Waals surface area contributed by atoms with Crippen molar-refractivity contribution < 1.29 is 14.3 Å². The van der Waals surface area contributed by atoms with Gasteiger partial charge in [-0.25, -0.2) is 0 Å². The minimum atomic E-state index is 0.0939. The Hall–Kier alpha value is -2.49. The summed E-state index contributed by atoms with van der Waals surface area (Å²) in [5.74, 6) is 1.69. The molecule has 0 N–H and O–H groups in total. The first kappa shape index (κ1) is 14.1. The van der Waals surface area contributed by atoms with E-state index in [1.807, 2.05) is 36.1 Å². The number of benzene rings is 2. The van der Waals surface area contributed by atoms with E-state index in [1.165, 1.54) is 11.1 Å². The molecular weight excluding hydrogens is 290 g/mol. The van der Waals surface area contributed by atoms with Crippen molar-refractivity contribution in [3.8, 4) is 11.5 Å². The second-order valence-corrected chi connectivity index (χ2v) is 6.25. The molecule has 0 aromatic heterocycles. The predicted octanol–water partition coefficient (Wildman–Crippen LogP) is 3.23. The third kappa shape index (κ3) is 2.44. The van der Waals surface area contributed by atoms with Crippen molar-refractivity contribution in [2.45, 2.75) is 26.8 Å². The highest BCUT2D eigenvalue weighted by Gasteiger charge is 2.25. The minimum Gasteiger partial charge on any atom is -0.454 e. The van der Waals surface area contributed by atoms with Gasteiger partial charge in [-0.3, -0.25) is 4.79 Å². The molecule has 0 unspecified atom stereocenters. The van der Waals surface area contributed by atoms with Gasteiger partial charge in [0.1, 0.15) is 0 Å². The van der Waals surface area contributed by atoms with Gasteiger partial charge < -0.3 is 14.4 Å². The number of amides is 1. The summed E-state index contributed by atoms with van der Waals surface area (Å²) in [6, 6.07) is 9.97. The lowest BCUT2D eigenvalue weighted by atomic mass is 9.98. The SMILES string of the molecule is Cc1ccc(C(=O)N2CCc3cc4c(cc3C2)OCO4)cc1C. The summed E-state index contributed by atoms with van der Waals surface area (Å²) >= 11 is 0. The number of aryl methyl sites for hydroxylation is 2. The lowest BCUT2D eigenvalue weighted by Gasteiger charge is -2.29. The zero-order valence-corrected chi connectivity index (χ0v) is 13.4. The smallest absolute Gasteiger partial charge is 0.254 e. The largest absolute Gasteiger partial charge is 0.454 e. The second-order valence-electron chi connectivity index (χ2n) is 6.25. The Bertz CT molecular complexity index is 797. The first-order valence-electron chi connectivity index (χ1n) is 7.90. The maximum atomic E-state index is 12.8. The molecule has 2 aromatic carbocycles. The third-order valence-electron chi connectivity index (χ3n) is 4.75. The molecule has 0 fully saturated rings. The highest BCUT2D eigenvalue weighted by molar-refractivity contribution is 5.94. The highest BCUT2D eigenvalue weighted by Crippen LogP contribution is 2.36. The Morgan fingerprint density at radius 3 is 2.48 bits per heavy atom. The van der Waals surface area contributed by atoms with Crippen LogP contribution in [0.5, 0.6) is 11.5 Å². The van der Waals surface area contributed by atoms with Crippen molar-refractivity contribution in [2.75, 3.05) is 13.3 Å². The topological polar surface area (TPSA) is 38.8 Å². The fourth-order valence-corrected chi connectivity index (χ4v) is 3.18. The Kier molecular flexibility index (Phi) is 3.26. The summed E-state index contributed by atoms with van der Waals surface area (Å²) in [6.45, 7) is 5.74.